The summed E-state index contributed by atoms with van der Waals surface area (Å²) in [7, 11) is 0. The molecule has 7 heteroatoms. The molecular formula is C23H26N4O3. The monoisotopic (exact) mass is 406 g/mol. The van der Waals surface area contributed by atoms with Crippen LogP contribution in [0, 0.1) is 0 Å². The number of piperazine rings is 1. The maximum absolute atomic E-state index is 12.5. The maximum Gasteiger partial charge on any atom is 0.260 e. The summed E-state index contributed by atoms with van der Waals surface area (Å²) in [4.78, 5) is 21.1. The Kier molecular flexibility index (Phi) is 5.97. The fourth-order valence-electron chi connectivity index (χ4n) is 3.37. The summed E-state index contributed by atoms with van der Waals surface area (Å²) >= 11 is 0. The number of carbonyl (C=O) groups is 1. The third-order valence-corrected chi connectivity index (χ3v) is 5.18. The molecular weight excluding hydrogens is 380 g/mol. The first kappa shape index (κ1) is 19.9. The van der Waals surface area contributed by atoms with Crippen LogP contribution in [-0.2, 0) is 4.79 Å². The van der Waals surface area contributed by atoms with Crippen molar-refractivity contribution in [3.8, 4) is 17.2 Å². The number of nitrogens with zero attached hydrogens (tertiary/aromatic N) is 4. The molecule has 1 aromatic heterocycles. The van der Waals surface area contributed by atoms with Crippen LogP contribution in [0.4, 0.5) is 5.69 Å². The lowest BCUT2D eigenvalue weighted by atomic mass is 10.2. The lowest BCUT2D eigenvalue weighted by Crippen LogP contribution is -2.50. The van der Waals surface area contributed by atoms with Gasteiger partial charge in [-0.25, -0.2) is 0 Å². The highest BCUT2D eigenvalue weighted by Crippen LogP contribution is 2.23. The van der Waals surface area contributed by atoms with Crippen LogP contribution in [0.25, 0.3) is 11.5 Å². The molecule has 4 rings (SSSR count). The van der Waals surface area contributed by atoms with Gasteiger partial charge in [0, 0.05) is 43.3 Å². The second-order valence-electron chi connectivity index (χ2n) is 7.63. The number of carbonyl (C=O) groups excluding carboxylic acids is 1. The number of hydrogen-bond acceptors (Lipinski definition) is 6. The largest absolute Gasteiger partial charge is 0.484 e. The van der Waals surface area contributed by atoms with Crippen LogP contribution in [0.2, 0.25) is 0 Å². The number of aromatic nitrogens is 2. The van der Waals surface area contributed by atoms with E-state index < -0.39 is 0 Å². The topological polar surface area (TPSA) is 71.7 Å². The Morgan fingerprint density at radius 3 is 2.37 bits per heavy atom. The highest BCUT2D eigenvalue weighted by Gasteiger charge is 2.21. The van der Waals surface area contributed by atoms with Crippen molar-refractivity contribution in [1.82, 2.24) is 15.0 Å². The van der Waals surface area contributed by atoms with E-state index in [0.717, 1.165) is 18.7 Å². The first-order chi connectivity index (χ1) is 14.6. The Morgan fingerprint density at radius 1 is 1.03 bits per heavy atom. The van der Waals surface area contributed by atoms with E-state index in [1.54, 1.807) is 0 Å². The Bertz CT molecular complexity index is 962. The van der Waals surface area contributed by atoms with Gasteiger partial charge in [-0.3, -0.25) is 4.79 Å². The molecule has 2 heterocycles. The van der Waals surface area contributed by atoms with Gasteiger partial charge in [-0.1, -0.05) is 37.2 Å². The molecule has 1 saturated heterocycles. The van der Waals surface area contributed by atoms with Crippen molar-refractivity contribution in [3.05, 3.63) is 60.4 Å². The zero-order valence-corrected chi connectivity index (χ0v) is 17.3. The minimum atomic E-state index is 0.00487. The number of rotatable bonds is 6. The summed E-state index contributed by atoms with van der Waals surface area (Å²) in [5, 5.41) is 3.98. The van der Waals surface area contributed by atoms with Crippen molar-refractivity contribution in [2.24, 2.45) is 0 Å². The van der Waals surface area contributed by atoms with Crippen molar-refractivity contribution in [2.45, 2.75) is 19.8 Å². The van der Waals surface area contributed by atoms with Crippen molar-refractivity contribution in [2.75, 3.05) is 37.7 Å². The van der Waals surface area contributed by atoms with Crippen molar-refractivity contribution >= 4 is 11.6 Å². The van der Waals surface area contributed by atoms with E-state index >= 15 is 0 Å². The van der Waals surface area contributed by atoms with E-state index in [4.69, 9.17) is 9.26 Å². The third-order valence-electron chi connectivity index (χ3n) is 5.18. The Labute approximate surface area is 176 Å². The summed E-state index contributed by atoms with van der Waals surface area (Å²) in [5.74, 6) is 2.02. The van der Waals surface area contributed by atoms with Crippen molar-refractivity contribution in [3.63, 3.8) is 0 Å². The van der Waals surface area contributed by atoms with Gasteiger partial charge in [-0.15, -0.1) is 0 Å². The summed E-state index contributed by atoms with van der Waals surface area (Å²) < 4.78 is 11.0. The summed E-state index contributed by atoms with van der Waals surface area (Å²) in [5.41, 5.74) is 2.02. The number of hydrogen-bond donors (Lipinski definition) is 0. The Hall–Kier alpha value is -3.35. The maximum atomic E-state index is 12.5. The smallest absolute Gasteiger partial charge is 0.260 e. The Morgan fingerprint density at radius 2 is 1.73 bits per heavy atom. The first-order valence-corrected chi connectivity index (χ1v) is 10.2. The molecule has 1 fully saturated rings. The summed E-state index contributed by atoms with van der Waals surface area (Å²) in [6.07, 6.45) is 0. The highest BCUT2D eigenvalue weighted by molar-refractivity contribution is 5.78. The minimum absolute atomic E-state index is 0.00487. The summed E-state index contributed by atoms with van der Waals surface area (Å²) in [6, 6.07) is 17.6. The van der Waals surface area contributed by atoms with E-state index in [-0.39, 0.29) is 18.4 Å². The predicted molar refractivity (Wildman–Crippen MR) is 115 cm³/mol. The lowest BCUT2D eigenvalue weighted by molar-refractivity contribution is -0.133. The van der Waals surface area contributed by atoms with Gasteiger partial charge in [0.05, 0.1) is 0 Å². The molecule has 7 nitrogen and oxygen atoms in total. The van der Waals surface area contributed by atoms with Crippen molar-refractivity contribution < 1.29 is 14.1 Å². The van der Waals surface area contributed by atoms with Gasteiger partial charge in [0.25, 0.3) is 11.8 Å². The van der Waals surface area contributed by atoms with Gasteiger partial charge < -0.3 is 19.1 Å². The highest BCUT2D eigenvalue weighted by atomic mass is 16.5. The van der Waals surface area contributed by atoms with Crippen LogP contribution in [0.15, 0.2) is 59.1 Å². The van der Waals surface area contributed by atoms with E-state index in [0.29, 0.717) is 30.6 Å². The standard InChI is InChI=1S/C23H26N4O3/c1-17(2)22-24-23(30-25-22)18-8-10-20(11-9-18)29-16-21(28)27-14-12-26(13-15-27)19-6-4-3-5-7-19/h3-11,17H,12-16H2,1-2H3. The van der Waals surface area contributed by atoms with E-state index in [2.05, 4.69) is 27.2 Å². The van der Waals surface area contributed by atoms with Crippen LogP contribution in [0.5, 0.6) is 5.75 Å². The molecule has 0 saturated carbocycles. The van der Waals surface area contributed by atoms with E-state index in [1.807, 2.05) is 61.2 Å². The molecule has 0 radical (unpaired) electrons. The molecule has 0 N–H and O–H groups in total. The zero-order chi connectivity index (χ0) is 20.9. The molecule has 3 aromatic rings. The number of benzene rings is 2. The SMILES string of the molecule is CC(C)c1noc(-c2ccc(OCC(=O)N3CCN(c4ccccc4)CC3)cc2)n1. The van der Waals surface area contributed by atoms with Crippen LogP contribution < -0.4 is 9.64 Å². The second kappa shape index (κ2) is 8.98. The molecule has 30 heavy (non-hydrogen) atoms. The van der Waals surface area contributed by atoms with Crippen LogP contribution in [-0.4, -0.2) is 53.7 Å². The molecule has 1 aliphatic heterocycles. The average molecular weight is 406 g/mol. The molecule has 156 valence electrons. The molecule has 0 bridgehead atoms. The number of ether oxygens (including phenoxy) is 1. The van der Waals surface area contributed by atoms with Gasteiger partial charge in [-0.2, -0.15) is 4.98 Å². The van der Waals surface area contributed by atoms with Gasteiger partial charge in [0.2, 0.25) is 0 Å². The van der Waals surface area contributed by atoms with Crippen LogP contribution >= 0.6 is 0 Å². The minimum Gasteiger partial charge on any atom is -0.484 e. The quantitative estimate of drug-likeness (QED) is 0.623. The van der Waals surface area contributed by atoms with E-state index in [9.17, 15) is 4.79 Å². The Balaban J connectivity index is 1.27. The molecule has 0 unspecified atom stereocenters. The van der Waals surface area contributed by atoms with Gasteiger partial charge in [0.1, 0.15) is 5.75 Å². The molecule has 2 aromatic carbocycles. The number of anilines is 1. The molecule has 1 aliphatic rings. The van der Waals surface area contributed by atoms with Gasteiger partial charge in [-0.05, 0) is 36.4 Å². The van der Waals surface area contributed by atoms with Gasteiger partial charge in [0.15, 0.2) is 12.4 Å². The molecule has 0 spiro atoms. The molecule has 1 amide bonds. The van der Waals surface area contributed by atoms with Crippen LogP contribution in [0.3, 0.4) is 0 Å². The fraction of sp³-hybridized carbons (Fsp3) is 0.348. The fourth-order valence-corrected chi connectivity index (χ4v) is 3.37. The zero-order valence-electron chi connectivity index (χ0n) is 17.3. The lowest BCUT2D eigenvalue weighted by Gasteiger charge is -2.36. The third kappa shape index (κ3) is 4.62. The second-order valence-corrected chi connectivity index (χ2v) is 7.63. The molecule has 0 aliphatic carbocycles. The predicted octanol–water partition coefficient (Wildman–Crippen LogP) is 3.59. The molecule has 0 atom stereocenters. The normalized spacial score (nSPS) is 14.2. The van der Waals surface area contributed by atoms with Crippen LogP contribution in [0.1, 0.15) is 25.6 Å². The number of para-hydroxylation sites is 1. The number of amides is 1. The van der Waals surface area contributed by atoms with Gasteiger partial charge >= 0.3 is 0 Å². The summed E-state index contributed by atoms with van der Waals surface area (Å²) in [6.45, 7) is 7.12. The van der Waals surface area contributed by atoms with Crippen molar-refractivity contribution in [1.29, 1.82) is 0 Å². The van der Waals surface area contributed by atoms with E-state index in [1.165, 1.54) is 5.69 Å². The average Bonchev–Trinajstić information content (AvgIpc) is 3.29. The first-order valence-electron chi connectivity index (χ1n) is 10.2.